The van der Waals surface area contributed by atoms with Gasteiger partial charge in [-0.05, 0) is 48.5 Å². The summed E-state index contributed by atoms with van der Waals surface area (Å²) in [6.07, 6.45) is 10.5. The van der Waals surface area contributed by atoms with E-state index in [2.05, 4.69) is 63.3 Å². The summed E-state index contributed by atoms with van der Waals surface area (Å²) in [7, 11) is 0. The first-order chi connectivity index (χ1) is 12.0. The first-order valence-electron chi connectivity index (χ1n) is 9.88. The van der Waals surface area contributed by atoms with Gasteiger partial charge >= 0.3 is 5.97 Å². The van der Waals surface area contributed by atoms with Gasteiger partial charge in [0.05, 0.1) is 6.42 Å². The number of esters is 1. The second-order valence-corrected chi connectivity index (χ2v) is 8.61. The topological polar surface area (TPSA) is 26.3 Å². The molecule has 4 atom stereocenters. The van der Waals surface area contributed by atoms with Crippen LogP contribution in [0.1, 0.15) is 64.9 Å². The third-order valence-electron chi connectivity index (χ3n) is 6.32. The predicted molar refractivity (Wildman–Crippen MR) is 102 cm³/mol. The number of rotatable bonds is 5. The molecule has 3 rings (SSSR count). The Morgan fingerprint density at radius 2 is 1.92 bits per heavy atom. The molecular formula is C23H32O2. The number of hydrogen-bond donors (Lipinski definition) is 0. The fraction of sp³-hybridized carbons (Fsp3) is 0.609. The third kappa shape index (κ3) is 4.34. The van der Waals surface area contributed by atoms with Crippen molar-refractivity contribution in [2.75, 3.05) is 0 Å². The summed E-state index contributed by atoms with van der Waals surface area (Å²) in [4.78, 5) is 12.5. The summed E-state index contributed by atoms with van der Waals surface area (Å²) < 4.78 is 6.07. The van der Waals surface area contributed by atoms with Crippen LogP contribution < -0.4 is 0 Å². The van der Waals surface area contributed by atoms with E-state index in [1.54, 1.807) is 0 Å². The molecule has 2 aliphatic rings. The fourth-order valence-corrected chi connectivity index (χ4v) is 4.66. The summed E-state index contributed by atoms with van der Waals surface area (Å²) in [5.41, 5.74) is 1.36. The number of ether oxygens (including phenoxy) is 1. The lowest BCUT2D eigenvalue weighted by Gasteiger charge is -2.44. The molecule has 136 valence electrons. The molecule has 0 spiro atoms. The lowest BCUT2D eigenvalue weighted by molar-refractivity contribution is -0.157. The summed E-state index contributed by atoms with van der Waals surface area (Å²) in [6, 6.07) is 10.7. The van der Waals surface area contributed by atoms with Crippen molar-refractivity contribution in [2.24, 2.45) is 17.8 Å². The van der Waals surface area contributed by atoms with Gasteiger partial charge in [-0.25, -0.2) is 0 Å². The molecule has 0 unspecified atom stereocenters. The zero-order chi connectivity index (χ0) is 17.9. The second-order valence-electron chi connectivity index (χ2n) is 8.61. The average Bonchev–Trinajstić information content (AvgIpc) is 3.08. The number of hydrogen-bond acceptors (Lipinski definition) is 2. The minimum atomic E-state index is -0.00971. The highest BCUT2D eigenvalue weighted by atomic mass is 16.5. The Kier molecular flexibility index (Phi) is 5.66. The van der Waals surface area contributed by atoms with E-state index in [1.165, 1.54) is 12.0 Å². The van der Waals surface area contributed by atoms with Crippen LogP contribution in [0, 0.1) is 17.8 Å². The van der Waals surface area contributed by atoms with Crippen molar-refractivity contribution in [2.45, 2.75) is 70.8 Å². The monoisotopic (exact) mass is 340 g/mol. The zero-order valence-electron chi connectivity index (χ0n) is 15.9. The van der Waals surface area contributed by atoms with E-state index in [0.29, 0.717) is 24.2 Å². The average molecular weight is 341 g/mol. The van der Waals surface area contributed by atoms with Crippen LogP contribution in [0.3, 0.4) is 0 Å². The van der Waals surface area contributed by atoms with Gasteiger partial charge in [0.15, 0.2) is 0 Å². The Morgan fingerprint density at radius 3 is 2.60 bits per heavy atom. The van der Waals surface area contributed by atoms with Crippen LogP contribution in [0.4, 0.5) is 0 Å². The fourth-order valence-electron chi connectivity index (χ4n) is 4.66. The molecule has 0 heterocycles. The normalized spacial score (nSPS) is 29.6. The van der Waals surface area contributed by atoms with Crippen molar-refractivity contribution < 1.29 is 9.53 Å². The van der Waals surface area contributed by atoms with Crippen molar-refractivity contribution in [3.63, 3.8) is 0 Å². The molecule has 0 aromatic heterocycles. The highest BCUT2D eigenvalue weighted by Crippen LogP contribution is 2.43. The van der Waals surface area contributed by atoms with Gasteiger partial charge in [0.2, 0.25) is 0 Å². The quantitative estimate of drug-likeness (QED) is 0.510. The molecule has 0 aliphatic heterocycles. The molecule has 0 bridgehead atoms. The first-order valence-corrected chi connectivity index (χ1v) is 9.88. The molecule has 1 aromatic carbocycles. The minimum Gasteiger partial charge on any atom is -0.462 e. The Labute approximate surface area is 152 Å². The summed E-state index contributed by atoms with van der Waals surface area (Å²) in [5.74, 6) is 1.39. The van der Waals surface area contributed by atoms with Crippen LogP contribution in [0.5, 0.6) is 0 Å². The highest BCUT2D eigenvalue weighted by Gasteiger charge is 2.42. The minimum absolute atomic E-state index is 0.00971. The van der Waals surface area contributed by atoms with Crippen LogP contribution in [0.25, 0.3) is 0 Å². The molecule has 25 heavy (non-hydrogen) atoms. The van der Waals surface area contributed by atoms with Gasteiger partial charge in [-0.3, -0.25) is 4.79 Å². The molecule has 2 aliphatic carbocycles. The number of carbonyl (C=O) groups excluding carboxylic acids is 1. The van der Waals surface area contributed by atoms with Crippen molar-refractivity contribution in [1.29, 1.82) is 0 Å². The SMILES string of the molecule is C[C@@H]1CC[C@@H](C(C)(C)c2ccccc2)[C@H](OC(=O)C[C@@H]2C=CCC2)C1. The van der Waals surface area contributed by atoms with Gasteiger partial charge in [0.25, 0.3) is 0 Å². The van der Waals surface area contributed by atoms with Crippen LogP contribution in [0.15, 0.2) is 42.5 Å². The first kappa shape index (κ1) is 18.2. The molecule has 0 amide bonds. The Hall–Kier alpha value is -1.57. The Bertz CT molecular complexity index is 602. The Morgan fingerprint density at radius 1 is 1.16 bits per heavy atom. The lowest BCUT2D eigenvalue weighted by atomic mass is 9.64. The van der Waals surface area contributed by atoms with Crippen LogP contribution in [-0.4, -0.2) is 12.1 Å². The van der Waals surface area contributed by atoms with Gasteiger partial charge in [-0.2, -0.15) is 0 Å². The molecule has 0 N–H and O–H groups in total. The molecule has 0 saturated heterocycles. The molecule has 1 aromatic rings. The van der Waals surface area contributed by atoms with E-state index in [-0.39, 0.29) is 17.5 Å². The predicted octanol–water partition coefficient (Wildman–Crippen LogP) is 5.67. The van der Waals surface area contributed by atoms with E-state index in [1.807, 2.05) is 0 Å². The molecule has 1 saturated carbocycles. The Balaban J connectivity index is 1.72. The van der Waals surface area contributed by atoms with Gasteiger partial charge in [-0.1, -0.05) is 69.7 Å². The van der Waals surface area contributed by atoms with Crippen LogP contribution in [0.2, 0.25) is 0 Å². The summed E-state index contributed by atoms with van der Waals surface area (Å²) in [5, 5.41) is 0. The smallest absolute Gasteiger partial charge is 0.306 e. The van der Waals surface area contributed by atoms with Crippen molar-refractivity contribution in [3.8, 4) is 0 Å². The number of carbonyl (C=O) groups is 1. The lowest BCUT2D eigenvalue weighted by Crippen LogP contribution is -2.43. The zero-order valence-corrected chi connectivity index (χ0v) is 15.9. The van der Waals surface area contributed by atoms with E-state index in [4.69, 9.17) is 4.74 Å². The van der Waals surface area contributed by atoms with E-state index >= 15 is 0 Å². The molecular weight excluding hydrogens is 308 g/mol. The number of benzene rings is 1. The molecule has 2 heteroatoms. The maximum atomic E-state index is 12.5. The van der Waals surface area contributed by atoms with E-state index < -0.39 is 0 Å². The van der Waals surface area contributed by atoms with E-state index in [9.17, 15) is 4.79 Å². The van der Waals surface area contributed by atoms with Crippen molar-refractivity contribution >= 4 is 5.97 Å². The largest absolute Gasteiger partial charge is 0.462 e. The van der Waals surface area contributed by atoms with Gasteiger partial charge in [0.1, 0.15) is 6.10 Å². The second kappa shape index (κ2) is 7.76. The third-order valence-corrected chi connectivity index (χ3v) is 6.32. The highest BCUT2D eigenvalue weighted by molar-refractivity contribution is 5.70. The van der Waals surface area contributed by atoms with Crippen molar-refractivity contribution in [1.82, 2.24) is 0 Å². The molecule has 1 fully saturated rings. The number of allylic oxidation sites excluding steroid dienone is 2. The van der Waals surface area contributed by atoms with E-state index in [0.717, 1.165) is 25.7 Å². The van der Waals surface area contributed by atoms with Crippen LogP contribution in [-0.2, 0) is 14.9 Å². The standard InChI is InChI=1S/C23H32O2/c1-17-13-14-20(23(2,3)19-11-5-4-6-12-19)21(15-17)25-22(24)16-18-9-7-8-10-18/h4-7,9,11-12,17-18,20-21H,8,10,13-16H2,1-3H3/t17-,18-,20-,21-/m1/s1. The van der Waals surface area contributed by atoms with Gasteiger partial charge in [-0.15, -0.1) is 0 Å². The van der Waals surface area contributed by atoms with Crippen LogP contribution >= 0.6 is 0 Å². The summed E-state index contributed by atoms with van der Waals surface area (Å²) in [6.45, 7) is 6.90. The maximum Gasteiger partial charge on any atom is 0.306 e. The molecule has 2 nitrogen and oxygen atoms in total. The summed E-state index contributed by atoms with van der Waals surface area (Å²) >= 11 is 0. The maximum absolute atomic E-state index is 12.5. The van der Waals surface area contributed by atoms with Gasteiger partial charge in [0, 0.05) is 5.92 Å². The van der Waals surface area contributed by atoms with Crippen molar-refractivity contribution in [3.05, 3.63) is 48.0 Å². The van der Waals surface area contributed by atoms with Gasteiger partial charge < -0.3 is 4.74 Å². The molecule has 0 radical (unpaired) electrons.